The molecular weight excluding hydrogens is 240 g/mol. The molecule has 0 saturated carbocycles. The highest BCUT2D eigenvalue weighted by Gasteiger charge is 2.28. The maximum atomic E-state index is 11.9. The summed E-state index contributed by atoms with van der Waals surface area (Å²) in [5.41, 5.74) is 0.00492. The van der Waals surface area contributed by atoms with Crippen molar-refractivity contribution in [2.75, 3.05) is 32.8 Å². The zero-order valence-corrected chi connectivity index (χ0v) is 12.2. The van der Waals surface area contributed by atoms with Crippen LogP contribution in [0, 0.1) is 5.92 Å². The maximum Gasteiger partial charge on any atom is 0.220 e. The van der Waals surface area contributed by atoms with Crippen molar-refractivity contribution in [2.45, 2.75) is 38.6 Å². The van der Waals surface area contributed by atoms with E-state index in [1.807, 2.05) is 0 Å². The van der Waals surface area contributed by atoms with Crippen molar-refractivity contribution in [3.05, 3.63) is 12.2 Å². The molecule has 1 saturated heterocycles. The van der Waals surface area contributed by atoms with Crippen LogP contribution >= 0.6 is 0 Å². The molecule has 0 bridgehead atoms. The van der Waals surface area contributed by atoms with Gasteiger partial charge < -0.3 is 10.1 Å². The largest absolute Gasteiger partial charge is 0.379 e. The Morgan fingerprint density at radius 1 is 1.42 bits per heavy atom. The summed E-state index contributed by atoms with van der Waals surface area (Å²) in [4.78, 5) is 14.3. The number of allylic oxidation sites excluding steroid dienone is 2. The fourth-order valence-electron chi connectivity index (χ4n) is 2.77. The van der Waals surface area contributed by atoms with Crippen LogP contribution < -0.4 is 5.32 Å². The van der Waals surface area contributed by atoms with Gasteiger partial charge in [-0.3, -0.25) is 9.69 Å². The minimum Gasteiger partial charge on any atom is -0.379 e. The Morgan fingerprint density at radius 3 is 2.79 bits per heavy atom. The van der Waals surface area contributed by atoms with Crippen LogP contribution in [-0.4, -0.2) is 49.2 Å². The Kier molecular flexibility index (Phi) is 4.99. The lowest BCUT2D eigenvalue weighted by molar-refractivity contribution is -0.122. The first-order valence-corrected chi connectivity index (χ1v) is 7.34. The van der Waals surface area contributed by atoms with Crippen LogP contribution in [-0.2, 0) is 9.53 Å². The molecule has 4 heteroatoms. The molecule has 0 unspecified atom stereocenters. The summed E-state index contributed by atoms with van der Waals surface area (Å²) in [5, 5.41) is 3.09. The Balaban J connectivity index is 1.73. The summed E-state index contributed by atoms with van der Waals surface area (Å²) >= 11 is 0. The zero-order chi connectivity index (χ0) is 13.7. The molecule has 0 spiro atoms. The van der Waals surface area contributed by atoms with Crippen LogP contribution in [0.25, 0.3) is 0 Å². The fourth-order valence-corrected chi connectivity index (χ4v) is 2.77. The van der Waals surface area contributed by atoms with Gasteiger partial charge in [-0.15, -0.1) is 0 Å². The van der Waals surface area contributed by atoms with Gasteiger partial charge in [-0.05, 0) is 32.6 Å². The van der Waals surface area contributed by atoms with Gasteiger partial charge in [0.25, 0.3) is 0 Å². The molecular formula is C15H26N2O2. The molecule has 1 fully saturated rings. The van der Waals surface area contributed by atoms with Crippen molar-refractivity contribution in [3.63, 3.8) is 0 Å². The molecule has 4 nitrogen and oxygen atoms in total. The maximum absolute atomic E-state index is 11.9. The van der Waals surface area contributed by atoms with Crippen molar-refractivity contribution >= 4 is 5.91 Å². The summed E-state index contributed by atoms with van der Waals surface area (Å²) in [6, 6.07) is 0. The third-order valence-corrected chi connectivity index (χ3v) is 4.15. The summed E-state index contributed by atoms with van der Waals surface area (Å²) in [5.74, 6) is 0.629. The van der Waals surface area contributed by atoms with Crippen molar-refractivity contribution in [1.82, 2.24) is 10.2 Å². The number of ether oxygens (including phenoxy) is 1. The number of rotatable bonds is 5. The average Bonchev–Trinajstić information content (AvgIpc) is 2.90. The van der Waals surface area contributed by atoms with Gasteiger partial charge in [0, 0.05) is 31.6 Å². The van der Waals surface area contributed by atoms with Crippen molar-refractivity contribution in [2.24, 2.45) is 5.92 Å². The van der Waals surface area contributed by atoms with E-state index in [0.717, 1.165) is 39.1 Å². The van der Waals surface area contributed by atoms with Crippen LogP contribution in [0.1, 0.15) is 33.1 Å². The normalized spacial score (nSPS) is 24.6. The average molecular weight is 266 g/mol. The number of hydrogen-bond donors (Lipinski definition) is 1. The molecule has 1 N–H and O–H groups in total. The second-order valence-corrected chi connectivity index (χ2v) is 6.16. The molecule has 108 valence electrons. The van der Waals surface area contributed by atoms with E-state index in [9.17, 15) is 4.79 Å². The Labute approximate surface area is 116 Å². The predicted octanol–water partition coefficient (Wildman–Crippen LogP) is 1.57. The molecule has 0 aromatic heterocycles. The fraction of sp³-hybridized carbons (Fsp3) is 0.800. The van der Waals surface area contributed by atoms with Crippen LogP contribution in [0.15, 0.2) is 12.2 Å². The van der Waals surface area contributed by atoms with E-state index in [2.05, 4.69) is 36.2 Å². The lowest BCUT2D eigenvalue weighted by atomic mass is 10.0. The quantitative estimate of drug-likeness (QED) is 0.768. The molecule has 1 heterocycles. The van der Waals surface area contributed by atoms with E-state index in [1.54, 1.807) is 0 Å². The topological polar surface area (TPSA) is 41.6 Å². The smallest absolute Gasteiger partial charge is 0.220 e. The second-order valence-electron chi connectivity index (χ2n) is 6.16. The number of carbonyl (C=O) groups is 1. The number of amides is 1. The van der Waals surface area contributed by atoms with Gasteiger partial charge in [0.1, 0.15) is 0 Å². The molecule has 1 atom stereocenters. The highest BCUT2D eigenvalue weighted by Crippen LogP contribution is 2.20. The molecule has 0 radical (unpaired) electrons. The van der Waals surface area contributed by atoms with E-state index in [-0.39, 0.29) is 11.4 Å². The number of carbonyl (C=O) groups excluding carboxylic acids is 1. The second kappa shape index (κ2) is 6.53. The lowest BCUT2D eigenvalue weighted by Crippen LogP contribution is -2.55. The van der Waals surface area contributed by atoms with E-state index in [0.29, 0.717) is 18.9 Å². The number of morpholine rings is 1. The van der Waals surface area contributed by atoms with Gasteiger partial charge in [-0.2, -0.15) is 0 Å². The van der Waals surface area contributed by atoms with E-state index in [4.69, 9.17) is 4.74 Å². The third-order valence-electron chi connectivity index (χ3n) is 4.15. The molecule has 2 aliphatic rings. The lowest BCUT2D eigenvalue weighted by Gasteiger charge is -2.40. The van der Waals surface area contributed by atoms with Crippen LogP contribution in [0.5, 0.6) is 0 Å². The third kappa shape index (κ3) is 4.32. The summed E-state index contributed by atoms with van der Waals surface area (Å²) < 4.78 is 5.37. The van der Waals surface area contributed by atoms with Gasteiger partial charge in [-0.1, -0.05) is 12.2 Å². The molecule has 1 aliphatic carbocycles. The minimum absolute atomic E-state index is 0.00492. The van der Waals surface area contributed by atoms with Crippen molar-refractivity contribution in [1.29, 1.82) is 0 Å². The minimum atomic E-state index is 0.00492. The molecule has 2 rings (SSSR count). The molecule has 1 amide bonds. The van der Waals surface area contributed by atoms with E-state index in [1.165, 1.54) is 0 Å². The van der Waals surface area contributed by atoms with Crippen LogP contribution in [0.3, 0.4) is 0 Å². The monoisotopic (exact) mass is 266 g/mol. The highest BCUT2D eigenvalue weighted by atomic mass is 16.5. The van der Waals surface area contributed by atoms with Gasteiger partial charge in [0.15, 0.2) is 0 Å². The first-order valence-electron chi connectivity index (χ1n) is 7.34. The molecule has 19 heavy (non-hydrogen) atoms. The van der Waals surface area contributed by atoms with Gasteiger partial charge in [0.2, 0.25) is 5.91 Å². The van der Waals surface area contributed by atoms with Crippen LogP contribution in [0.4, 0.5) is 0 Å². The van der Waals surface area contributed by atoms with Crippen molar-refractivity contribution in [3.8, 4) is 0 Å². The standard InChI is InChI=1S/C15H26N2O2/c1-15(2,17-7-9-19-10-8-17)12-16-14(18)11-13-5-3-4-6-13/h3,5,13H,4,6-12H2,1-2H3,(H,16,18)/t13-/m0/s1. The number of hydrogen-bond acceptors (Lipinski definition) is 3. The number of nitrogens with zero attached hydrogens (tertiary/aromatic N) is 1. The Morgan fingerprint density at radius 2 is 2.16 bits per heavy atom. The highest BCUT2D eigenvalue weighted by molar-refractivity contribution is 5.76. The summed E-state index contributed by atoms with van der Waals surface area (Å²) in [6.07, 6.45) is 7.23. The first kappa shape index (κ1) is 14.5. The van der Waals surface area contributed by atoms with Gasteiger partial charge in [0.05, 0.1) is 13.2 Å². The van der Waals surface area contributed by atoms with E-state index < -0.39 is 0 Å². The SMILES string of the molecule is CC(C)(CNC(=O)C[C@H]1C=CCC1)N1CCOCC1. The Bertz CT molecular complexity index is 333. The Hall–Kier alpha value is -0.870. The molecule has 1 aliphatic heterocycles. The van der Waals surface area contributed by atoms with Crippen molar-refractivity contribution < 1.29 is 9.53 Å². The van der Waals surface area contributed by atoms with Gasteiger partial charge in [-0.25, -0.2) is 0 Å². The zero-order valence-electron chi connectivity index (χ0n) is 12.2. The molecule has 0 aromatic carbocycles. The van der Waals surface area contributed by atoms with Gasteiger partial charge >= 0.3 is 0 Å². The van der Waals surface area contributed by atoms with E-state index >= 15 is 0 Å². The molecule has 0 aromatic rings. The number of nitrogens with one attached hydrogen (secondary N) is 1. The predicted molar refractivity (Wildman–Crippen MR) is 76.0 cm³/mol. The first-order chi connectivity index (χ1) is 9.08. The van der Waals surface area contributed by atoms with Crippen LogP contribution in [0.2, 0.25) is 0 Å². The summed E-state index contributed by atoms with van der Waals surface area (Å²) in [7, 11) is 0. The summed E-state index contributed by atoms with van der Waals surface area (Å²) in [6.45, 7) is 8.58.